The van der Waals surface area contributed by atoms with Gasteiger partial charge in [0.15, 0.2) is 23.3 Å². The molecule has 0 saturated heterocycles. The molecular formula is C38H38FN5O4. The van der Waals surface area contributed by atoms with Crippen molar-refractivity contribution in [3.05, 3.63) is 88.5 Å². The highest BCUT2D eigenvalue weighted by Gasteiger charge is 2.35. The molecule has 0 radical (unpaired) electrons. The molecule has 7 rings (SSSR count). The quantitative estimate of drug-likeness (QED) is 0.196. The predicted octanol–water partition coefficient (Wildman–Crippen LogP) is 7.95. The monoisotopic (exact) mass is 647 g/mol. The minimum Gasteiger partial charge on any atom is -0.490 e. The van der Waals surface area contributed by atoms with Crippen LogP contribution in [-0.4, -0.2) is 47.7 Å². The van der Waals surface area contributed by atoms with Crippen LogP contribution in [0.3, 0.4) is 0 Å². The molecule has 1 N–H and O–H groups in total. The Morgan fingerprint density at radius 2 is 1.79 bits per heavy atom. The normalized spacial score (nSPS) is 13.9. The number of aliphatic carboxylic acids is 1. The molecule has 0 saturated carbocycles. The molecule has 0 fully saturated rings. The highest BCUT2D eigenvalue weighted by Crippen LogP contribution is 2.43. The van der Waals surface area contributed by atoms with Gasteiger partial charge in [-0.15, -0.1) is 0 Å². The number of carboxylic acids is 1. The number of carboxylic acid groups (broad SMARTS) is 1. The first-order valence-corrected chi connectivity index (χ1v) is 16.1. The smallest absolute Gasteiger partial charge is 0.337 e. The van der Waals surface area contributed by atoms with Crippen molar-refractivity contribution in [1.82, 2.24) is 24.4 Å². The van der Waals surface area contributed by atoms with E-state index in [0.717, 1.165) is 50.7 Å². The number of carbonyl (C=O) groups is 1. The van der Waals surface area contributed by atoms with Gasteiger partial charge in [-0.1, -0.05) is 24.3 Å². The number of aromatic nitrogens is 5. The molecule has 1 aliphatic heterocycles. The maximum Gasteiger partial charge on any atom is 0.337 e. The number of halogens is 1. The molecule has 10 heteroatoms. The molecule has 48 heavy (non-hydrogen) atoms. The number of ether oxygens (including phenoxy) is 2. The molecule has 0 bridgehead atoms. The molecule has 3 aromatic heterocycles. The van der Waals surface area contributed by atoms with Crippen LogP contribution in [0.4, 0.5) is 4.39 Å². The summed E-state index contributed by atoms with van der Waals surface area (Å²) in [6.07, 6.45) is 1.88. The van der Waals surface area contributed by atoms with Crippen molar-refractivity contribution in [2.75, 3.05) is 6.61 Å². The van der Waals surface area contributed by atoms with E-state index in [0.29, 0.717) is 46.9 Å². The topological polar surface area (TPSA) is 104 Å². The van der Waals surface area contributed by atoms with Crippen molar-refractivity contribution in [3.8, 4) is 39.4 Å². The van der Waals surface area contributed by atoms with Crippen LogP contribution in [0, 0.1) is 26.6 Å². The standard InChI is InChI=1S/C38H38FN5O4/c1-20-27-12-9-15-47-34(27)29(39)18-28(20)33-31(35(37(45)46)48-38(4,5)6)22(3)41-36-21(2)32(42-44(33)36)25-11-8-10-23(16-25)24-13-14-30-26(17-24)19-40-43(30)7/h8,10-11,13-14,16-19,35H,9,12,15H2,1-7H3,(H,45,46)/t35-/m0/s1. The summed E-state index contributed by atoms with van der Waals surface area (Å²) in [7, 11) is 1.92. The molecule has 0 aliphatic carbocycles. The lowest BCUT2D eigenvalue weighted by molar-refractivity contribution is -0.160. The van der Waals surface area contributed by atoms with Gasteiger partial charge in [0.25, 0.3) is 0 Å². The molecule has 0 spiro atoms. The summed E-state index contributed by atoms with van der Waals surface area (Å²) >= 11 is 0. The lowest BCUT2D eigenvalue weighted by atomic mass is 9.91. The van der Waals surface area contributed by atoms with E-state index in [9.17, 15) is 9.90 Å². The van der Waals surface area contributed by atoms with Crippen molar-refractivity contribution in [2.45, 2.75) is 66.1 Å². The van der Waals surface area contributed by atoms with Crippen molar-refractivity contribution >= 4 is 22.5 Å². The van der Waals surface area contributed by atoms with E-state index in [2.05, 4.69) is 35.4 Å². The lowest BCUT2D eigenvalue weighted by Crippen LogP contribution is -2.29. The van der Waals surface area contributed by atoms with E-state index in [1.807, 2.05) is 43.9 Å². The zero-order valence-electron chi connectivity index (χ0n) is 28.2. The molecule has 246 valence electrons. The summed E-state index contributed by atoms with van der Waals surface area (Å²) in [6.45, 7) is 11.5. The number of aryl methyl sites for hydroxylation is 3. The Labute approximate surface area is 278 Å². The Hall–Kier alpha value is -5.09. The summed E-state index contributed by atoms with van der Waals surface area (Å²) in [5.41, 5.74) is 8.57. The summed E-state index contributed by atoms with van der Waals surface area (Å²) in [6, 6.07) is 15.8. The number of hydrogen-bond acceptors (Lipinski definition) is 6. The van der Waals surface area contributed by atoms with Crippen LogP contribution in [0.25, 0.3) is 50.2 Å². The first-order chi connectivity index (χ1) is 22.8. The molecule has 0 unspecified atom stereocenters. The third-order valence-electron chi connectivity index (χ3n) is 9.09. The van der Waals surface area contributed by atoms with Crippen molar-refractivity contribution in [1.29, 1.82) is 0 Å². The Morgan fingerprint density at radius 3 is 2.54 bits per heavy atom. The minimum atomic E-state index is -1.38. The summed E-state index contributed by atoms with van der Waals surface area (Å²) in [5.74, 6) is -1.41. The summed E-state index contributed by atoms with van der Waals surface area (Å²) in [5, 5.41) is 21.1. The van der Waals surface area contributed by atoms with Gasteiger partial charge in [-0.25, -0.2) is 18.7 Å². The van der Waals surface area contributed by atoms with Crippen LogP contribution < -0.4 is 4.74 Å². The highest BCUT2D eigenvalue weighted by molar-refractivity contribution is 5.87. The first-order valence-electron chi connectivity index (χ1n) is 16.1. The number of fused-ring (bicyclic) bond motifs is 3. The fourth-order valence-corrected chi connectivity index (χ4v) is 6.81. The molecule has 4 heterocycles. The van der Waals surface area contributed by atoms with Crippen LogP contribution in [0.5, 0.6) is 5.75 Å². The van der Waals surface area contributed by atoms with Gasteiger partial charge in [0, 0.05) is 45.9 Å². The second-order valence-corrected chi connectivity index (χ2v) is 13.5. The van der Waals surface area contributed by atoms with Gasteiger partial charge in [0.2, 0.25) is 0 Å². The van der Waals surface area contributed by atoms with Crippen molar-refractivity contribution in [3.63, 3.8) is 0 Å². The Kier molecular flexibility index (Phi) is 7.58. The maximum absolute atomic E-state index is 15.8. The van der Waals surface area contributed by atoms with Gasteiger partial charge in [-0.05, 0) is 95.3 Å². The average molecular weight is 648 g/mol. The molecule has 9 nitrogen and oxygen atoms in total. The van der Waals surface area contributed by atoms with E-state index in [4.69, 9.17) is 19.6 Å². The van der Waals surface area contributed by atoms with Crippen LogP contribution in [-0.2, 0) is 23.0 Å². The van der Waals surface area contributed by atoms with Crippen LogP contribution in [0.1, 0.15) is 61.2 Å². The van der Waals surface area contributed by atoms with Gasteiger partial charge >= 0.3 is 5.97 Å². The lowest BCUT2D eigenvalue weighted by Gasteiger charge is -2.28. The fraction of sp³-hybridized carbons (Fsp3) is 0.316. The number of hydrogen-bond donors (Lipinski definition) is 1. The minimum absolute atomic E-state index is 0.255. The van der Waals surface area contributed by atoms with Crippen molar-refractivity contribution in [2.24, 2.45) is 7.05 Å². The maximum atomic E-state index is 15.8. The van der Waals surface area contributed by atoms with E-state index in [-0.39, 0.29) is 5.75 Å². The molecule has 1 aliphatic rings. The van der Waals surface area contributed by atoms with Gasteiger partial charge in [-0.2, -0.15) is 10.2 Å². The number of rotatable bonds is 6. The molecule has 3 aromatic carbocycles. The summed E-state index contributed by atoms with van der Waals surface area (Å²) in [4.78, 5) is 17.8. The predicted molar refractivity (Wildman–Crippen MR) is 183 cm³/mol. The highest BCUT2D eigenvalue weighted by atomic mass is 19.1. The Morgan fingerprint density at radius 1 is 1.04 bits per heavy atom. The molecule has 1 atom stereocenters. The third-order valence-corrected chi connectivity index (χ3v) is 9.09. The zero-order chi connectivity index (χ0) is 34.1. The largest absolute Gasteiger partial charge is 0.490 e. The van der Waals surface area contributed by atoms with Gasteiger partial charge in [0.1, 0.15) is 0 Å². The van der Waals surface area contributed by atoms with Gasteiger partial charge in [0.05, 0.1) is 35.3 Å². The fourth-order valence-electron chi connectivity index (χ4n) is 6.81. The van der Waals surface area contributed by atoms with Gasteiger partial charge in [-0.3, -0.25) is 4.68 Å². The second kappa shape index (κ2) is 11.6. The van der Waals surface area contributed by atoms with Crippen LogP contribution in [0.15, 0.2) is 54.7 Å². The SMILES string of the molecule is Cc1nc2c(C)c(-c3cccc(-c4ccc5c(cnn5C)c4)c3)nn2c(-c2cc(F)c3c(c2C)CCCO3)c1[C@H](OC(C)(C)C)C(=O)O. The molecule has 6 aromatic rings. The van der Waals surface area contributed by atoms with E-state index >= 15 is 4.39 Å². The van der Waals surface area contributed by atoms with Crippen LogP contribution in [0.2, 0.25) is 0 Å². The van der Waals surface area contributed by atoms with E-state index in [1.54, 1.807) is 32.2 Å². The average Bonchev–Trinajstić information content (AvgIpc) is 3.59. The number of benzene rings is 3. The van der Waals surface area contributed by atoms with Gasteiger partial charge < -0.3 is 14.6 Å². The zero-order valence-corrected chi connectivity index (χ0v) is 28.2. The Balaban J connectivity index is 1.48. The van der Waals surface area contributed by atoms with E-state index in [1.165, 1.54) is 6.07 Å². The second-order valence-electron chi connectivity index (χ2n) is 13.5. The third kappa shape index (κ3) is 5.30. The molecule has 0 amide bonds. The molecular weight excluding hydrogens is 609 g/mol. The van der Waals surface area contributed by atoms with Crippen LogP contribution >= 0.6 is 0 Å². The Bertz CT molecular complexity index is 2260. The van der Waals surface area contributed by atoms with E-state index < -0.39 is 23.5 Å². The summed E-state index contributed by atoms with van der Waals surface area (Å²) < 4.78 is 31.2. The first kappa shape index (κ1) is 31.5. The number of nitrogens with zero attached hydrogens (tertiary/aromatic N) is 5. The van der Waals surface area contributed by atoms with Crippen molar-refractivity contribution < 1.29 is 23.8 Å².